The van der Waals surface area contributed by atoms with Crippen molar-refractivity contribution in [3.8, 4) is 28.3 Å². The fourth-order valence-corrected chi connectivity index (χ4v) is 2.52. The predicted molar refractivity (Wildman–Crippen MR) is 98.9 cm³/mol. The van der Waals surface area contributed by atoms with E-state index in [9.17, 15) is 0 Å². The van der Waals surface area contributed by atoms with Crippen LogP contribution in [0.5, 0.6) is 5.75 Å². The normalized spacial score (nSPS) is 12.2. The molecule has 0 fully saturated rings. The lowest BCUT2D eigenvalue weighted by Gasteiger charge is -2.07. The molecule has 0 aliphatic heterocycles. The molecule has 9 nitrogen and oxygen atoms in total. The fourth-order valence-electron chi connectivity index (χ4n) is 2.52. The highest BCUT2D eigenvalue weighted by Crippen LogP contribution is 2.33. The molecule has 0 aliphatic rings. The quantitative estimate of drug-likeness (QED) is 0.233. The molecule has 0 aliphatic carbocycles. The second-order valence-corrected chi connectivity index (χ2v) is 5.54. The van der Waals surface area contributed by atoms with Gasteiger partial charge >= 0.3 is 0 Å². The Morgan fingerprint density at radius 2 is 1.59 bits per heavy atom. The number of ether oxygens (including phenoxy) is 1. The third kappa shape index (κ3) is 3.52. The Hall–Kier alpha value is -4.01. The lowest BCUT2D eigenvalue weighted by atomic mass is 10.0. The number of hydrogen-bond acceptors (Lipinski definition) is 7. The minimum absolute atomic E-state index is 0.0218. The van der Waals surface area contributed by atoms with Gasteiger partial charge in [-0.2, -0.15) is 0 Å². The summed E-state index contributed by atoms with van der Waals surface area (Å²) in [4.78, 5) is 0. The summed E-state index contributed by atoms with van der Waals surface area (Å²) in [6, 6.07) is 13.8. The molecule has 0 amide bonds. The standard InChI is InChI=1S/C18H17N5O4/c1-26-16-8-12(18(20)22-25)6-7-13(16)14-9-15(27-23-14)10-2-4-11(5-3-10)17(19)21-24/h2-9,24-25H,1H3,(H2,19,21)(H2,20,22). The number of benzene rings is 2. The first-order valence-corrected chi connectivity index (χ1v) is 7.78. The molecule has 2 aromatic carbocycles. The minimum Gasteiger partial charge on any atom is -0.496 e. The summed E-state index contributed by atoms with van der Waals surface area (Å²) in [6.45, 7) is 0. The molecule has 0 unspecified atom stereocenters. The van der Waals surface area contributed by atoms with Crippen molar-refractivity contribution in [3.05, 3.63) is 59.7 Å². The number of rotatable bonds is 5. The molecule has 1 heterocycles. The maximum atomic E-state index is 8.80. The number of aromatic nitrogens is 1. The predicted octanol–water partition coefficient (Wildman–Crippen LogP) is 2.21. The van der Waals surface area contributed by atoms with E-state index >= 15 is 0 Å². The Labute approximate surface area is 154 Å². The molecule has 6 N–H and O–H groups in total. The Balaban J connectivity index is 1.94. The Morgan fingerprint density at radius 1 is 0.963 bits per heavy atom. The average Bonchev–Trinajstić information content (AvgIpc) is 3.22. The zero-order chi connectivity index (χ0) is 19.4. The van der Waals surface area contributed by atoms with Crippen molar-refractivity contribution in [1.82, 2.24) is 5.16 Å². The Morgan fingerprint density at radius 3 is 2.22 bits per heavy atom. The van der Waals surface area contributed by atoms with Gasteiger partial charge in [-0.3, -0.25) is 0 Å². The van der Waals surface area contributed by atoms with Crippen molar-refractivity contribution in [2.45, 2.75) is 0 Å². The zero-order valence-corrected chi connectivity index (χ0v) is 14.3. The van der Waals surface area contributed by atoms with E-state index in [1.54, 1.807) is 48.5 Å². The van der Waals surface area contributed by atoms with Gasteiger partial charge in [-0.1, -0.05) is 45.8 Å². The van der Waals surface area contributed by atoms with Crippen molar-refractivity contribution in [2.75, 3.05) is 7.11 Å². The Kier molecular flexibility index (Phi) is 4.93. The molecule has 0 saturated carbocycles. The van der Waals surface area contributed by atoms with Crippen LogP contribution in [0.1, 0.15) is 11.1 Å². The maximum absolute atomic E-state index is 8.80. The van der Waals surface area contributed by atoms with E-state index in [1.165, 1.54) is 7.11 Å². The van der Waals surface area contributed by atoms with Crippen molar-refractivity contribution in [3.63, 3.8) is 0 Å². The van der Waals surface area contributed by atoms with E-state index in [0.717, 1.165) is 5.56 Å². The smallest absolute Gasteiger partial charge is 0.170 e. The lowest BCUT2D eigenvalue weighted by molar-refractivity contribution is 0.318. The third-order valence-corrected chi connectivity index (χ3v) is 3.96. The number of oxime groups is 2. The van der Waals surface area contributed by atoms with E-state index in [-0.39, 0.29) is 11.7 Å². The van der Waals surface area contributed by atoms with Gasteiger partial charge in [0.05, 0.1) is 7.11 Å². The zero-order valence-electron chi connectivity index (χ0n) is 14.3. The van der Waals surface area contributed by atoms with Gasteiger partial charge in [0.2, 0.25) is 0 Å². The molecular formula is C18H17N5O4. The van der Waals surface area contributed by atoms with Crippen LogP contribution in [0.25, 0.3) is 22.6 Å². The van der Waals surface area contributed by atoms with E-state index in [1.807, 2.05) is 0 Å². The van der Waals surface area contributed by atoms with Gasteiger partial charge in [-0.05, 0) is 12.1 Å². The topological polar surface area (TPSA) is 152 Å². The fraction of sp³-hybridized carbons (Fsp3) is 0.0556. The number of methoxy groups -OCH3 is 1. The largest absolute Gasteiger partial charge is 0.496 e. The summed E-state index contributed by atoms with van der Waals surface area (Å²) >= 11 is 0. The summed E-state index contributed by atoms with van der Waals surface area (Å²) in [6.07, 6.45) is 0. The highest BCUT2D eigenvalue weighted by Gasteiger charge is 2.14. The van der Waals surface area contributed by atoms with Crippen LogP contribution in [0.2, 0.25) is 0 Å². The highest BCUT2D eigenvalue weighted by molar-refractivity contribution is 5.98. The molecule has 0 atom stereocenters. The van der Waals surface area contributed by atoms with Gasteiger partial charge in [-0.15, -0.1) is 0 Å². The lowest BCUT2D eigenvalue weighted by Crippen LogP contribution is -2.13. The maximum Gasteiger partial charge on any atom is 0.170 e. The molecule has 3 aromatic rings. The van der Waals surface area contributed by atoms with Gasteiger partial charge in [0.1, 0.15) is 11.4 Å². The summed E-state index contributed by atoms with van der Waals surface area (Å²) in [5.41, 5.74) is 14.3. The van der Waals surface area contributed by atoms with E-state index < -0.39 is 0 Å². The number of nitrogens with two attached hydrogens (primary N) is 2. The first kappa shape index (κ1) is 17.8. The number of amidine groups is 2. The van der Waals surface area contributed by atoms with Gasteiger partial charge < -0.3 is 31.1 Å². The van der Waals surface area contributed by atoms with Gasteiger partial charge in [0.25, 0.3) is 0 Å². The van der Waals surface area contributed by atoms with Crippen LogP contribution in [-0.2, 0) is 0 Å². The molecule has 138 valence electrons. The molecule has 9 heteroatoms. The molecular weight excluding hydrogens is 350 g/mol. The minimum atomic E-state index is -0.0218. The van der Waals surface area contributed by atoms with Gasteiger partial charge in [-0.25, -0.2) is 0 Å². The third-order valence-electron chi connectivity index (χ3n) is 3.96. The summed E-state index contributed by atoms with van der Waals surface area (Å²) in [5, 5.41) is 27.5. The summed E-state index contributed by atoms with van der Waals surface area (Å²) < 4.78 is 10.8. The first-order chi connectivity index (χ1) is 13.1. The first-order valence-electron chi connectivity index (χ1n) is 7.78. The van der Waals surface area contributed by atoms with Crippen LogP contribution in [-0.4, -0.2) is 34.4 Å². The van der Waals surface area contributed by atoms with Crippen LogP contribution in [0.15, 0.2) is 63.4 Å². The summed E-state index contributed by atoms with van der Waals surface area (Å²) in [5.74, 6) is 1.04. The SMILES string of the molecule is COc1cc(/C(N)=N/O)ccc1-c1cc(-c2ccc(/C(N)=N/O)cc2)on1. The molecule has 0 saturated heterocycles. The second kappa shape index (κ2) is 7.48. The van der Waals surface area contributed by atoms with Crippen LogP contribution < -0.4 is 16.2 Å². The second-order valence-electron chi connectivity index (χ2n) is 5.54. The number of nitrogens with zero attached hydrogens (tertiary/aromatic N) is 3. The van der Waals surface area contributed by atoms with Crippen LogP contribution in [0.3, 0.4) is 0 Å². The average molecular weight is 367 g/mol. The van der Waals surface area contributed by atoms with Crippen molar-refractivity contribution >= 4 is 11.7 Å². The van der Waals surface area contributed by atoms with Crippen molar-refractivity contribution < 1.29 is 19.7 Å². The van der Waals surface area contributed by atoms with Crippen LogP contribution in [0, 0.1) is 0 Å². The molecule has 3 rings (SSSR count). The molecule has 1 aromatic heterocycles. The van der Waals surface area contributed by atoms with Gasteiger partial charge in [0.15, 0.2) is 17.4 Å². The number of hydrogen-bond donors (Lipinski definition) is 4. The van der Waals surface area contributed by atoms with Crippen LogP contribution in [0.4, 0.5) is 0 Å². The van der Waals surface area contributed by atoms with Crippen molar-refractivity contribution in [1.29, 1.82) is 0 Å². The van der Waals surface area contributed by atoms with E-state index in [2.05, 4.69) is 15.5 Å². The van der Waals surface area contributed by atoms with E-state index in [0.29, 0.717) is 33.9 Å². The highest BCUT2D eigenvalue weighted by atomic mass is 16.5. The van der Waals surface area contributed by atoms with Gasteiger partial charge in [0, 0.05) is 28.3 Å². The Bertz CT molecular complexity index is 1010. The van der Waals surface area contributed by atoms with Crippen molar-refractivity contribution in [2.24, 2.45) is 21.8 Å². The molecule has 0 spiro atoms. The van der Waals surface area contributed by atoms with E-state index in [4.69, 9.17) is 31.1 Å². The summed E-state index contributed by atoms with van der Waals surface area (Å²) in [7, 11) is 1.52. The van der Waals surface area contributed by atoms with Crippen LogP contribution >= 0.6 is 0 Å². The molecule has 27 heavy (non-hydrogen) atoms. The molecule has 0 bridgehead atoms. The molecule has 0 radical (unpaired) electrons. The monoisotopic (exact) mass is 367 g/mol.